The predicted octanol–water partition coefficient (Wildman–Crippen LogP) is 3.20. The van der Waals surface area contributed by atoms with E-state index in [1.54, 1.807) is 23.6 Å². The van der Waals surface area contributed by atoms with Gasteiger partial charge in [-0.25, -0.2) is 9.97 Å². The Hall–Kier alpha value is -1.95. The van der Waals surface area contributed by atoms with Crippen molar-refractivity contribution in [3.63, 3.8) is 0 Å². The summed E-state index contributed by atoms with van der Waals surface area (Å²) in [6, 6.07) is 4.17. The van der Waals surface area contributed by atoms with Gasteiger partial charge in [0.1, 0.15) is 5.82 Å². The molecule has 0 saturated carbocycles. The summed E-state index contributed by atoms with van der Waals surface area (Å²) in [6.45, 7) is 5.83. The SMILES string of the molecule is Cc1csc(CCNC(=O)c2ccnc(N3CCCC[C@@H]3C)c2)n1. The van der Waals surface area contributed by atoms with E-state index in [9.17, 15) is 4.79 Å². The lowest BCUT2D eigenvalue weighted by atomic mass is 10.0. The standard InChI is InChI=1S/C18H24N4OS/c1-13-12-24-17(21-13)7-9-20-18(23)15-6-8-19-16(11-15)22-10-4-3-5-14(22)2/h6,8,11-12,14H,3-5,7,9-10H2,1-2H3,(H,20,23)/t14-/m0/s1. The molecule has 1 saturated heterocycles. The van der Waals surface area contributed by atoms with Gasteiger partial charge in [0, 0.05) is 48.4 Å². The minimum Gasteiger partial charge on any atom is -0.354 e. The van der Waals surface area contributed by atoms with Gasteiger partial charge in [0.2, 0.25) is 0 Å². The van der Waals surface area contributed by atoms with Gasteiger partial charge in [0.05, 0.1) is 5.01 Å². The number of hydrogen-bond donors (Lipinski definition) is 1. The van der Waals surface area contributed by atoms with Gasteiger partial charge in [0.15, 0.2) is 0 Å². The molecule has 1 fully saturated rings. The third-order valence-corrected chi connectivity index (χ3v) is 5.42. The average Bonchev–Trinajstić information content (AvgIpc) is 3.00. The van der Waals surface area contributed by atoms with Gasteiger partial charge in [-0.3, -0.25) is 4.79 Å². The van der Waals surface area contributed by atoms with Gasteiger partial charge in [-0.1, -0.05) is 0 Å². The maximum atomic E-state index is 12.4. The zero-order chi connectivity index (χ0) is 16.9. The Morgan fingerprint density at radius 2 is 2.33 bits per heavy atom. The number of rotatable bonds is 5. The first kappa shape index (κ1) is 16.9. The van der Waals surface area contributed by atoms with E-state index in [-0.39, 0.29) is 5.91 Å². The smallest absolute Gasteiger partial charge is 0.251 e. The Labute approximate surface area is 147 Å². The van der Waals surface area contributed by atoms with Crippen LogP contribution in [0.5, 0.6) is 0 Å². The van der Waals surface area contributed by atoms with Crippen LogP contribution in [-0.2, 0) is 6.42 Å². The first-order chi connectivity index (χ1) is 11.6. The fourth-order valence-electron chi connectivity index (χ4n) is 3.06. The third kappa shape index (κ3) is 4.12. The Kier molecular flexibility index (Phi) is 5.45. The number of carbonyl (C=O) groups excluding carboxylic acids is 1. The van der Waals surface area contributed by atoms with Crippen molar-refractivity contribution in [2.45, 2.75) is 45.6 Å². The van der Waals surface area contributed by atoms with Crippen LogP contribution >= 0.6 is 11.3 Å². The van der Waals surface area contributed by atoms with Crippen LogP contribution in [0.1, 0.15) is 47.2 Å². The molecule has 1 amide bonds. The largest absolute Gasteiger partial charge is 0.354 e. The highest BCUT2D eigenvalue weighted by atomic mass is 32.1. The molecule has 128 valence electrons. The quantitative estimate of drug-likeness (QED) is 0.905. The number of hydrogen-bond acceptors (Lipinski definition) is 5. The number of nitrogens with one attached hydrogen (secondary N) is 1. The van der Waals surface area contributed by atoms with Gasteiger partial charge in [-0.05, 0) is 45.2 Å². The minimum absolute atomic E-state index is 0.0448. The van der Waals surface area contributed by atoms with Gasteiger partial charge < -0.3 is 10.2 Å². The summed E-state index contributed by atoms with van der Waals surface area (Å²) in [5, 5.41) is 6.07. The summed E-state index contributed by atoms with van der Waals surface area (Å²) in [5.74, 6) is 0.863. The Bertz CT molecular complexity index is 700. The van der Waals surface area contributed by atoms with Gasteiger partial charge in [0.25, 0.3) is 5.91 Å². The van der Waals surface area contributed by atoms with Crippen LogP contribution in [0.2, 0.25) is 0 Å². The van der Waals surface area contributed by atoms with Crippen molar-refractivity contribution < 1.29 is 4.79 Å². The second kappa shape index (κ2) is 7.75. The molecular formula is C18H24N4OS. The lowest BCUT2D eigenvalue weighted by molar-refractivity contribution is 0.0954. The molecule has 2 aromatic heterocycles. The van der Waals surface area contributed by atoms with Gasteiger partial charge in [-0.15, -0.1) is 11.3 Å². The van der Waals surface area contributed by atoms with E-state index >= 15 is 0 Å². The predicted molar refractivity (Wildman–Crippen MR) is 97.8 cm³/mol. The number of nitrogens with zero attached hydrogens (tertiary/aromatic N) is 3. The lowest BCUT2D eigenvalue weighted by Gasteiger charge is -2.34. The molecule has 6 heteroatoms. The molecule has 24 heavy (non-hydrogen) atoms. The summed E-state index contributed by atoms with van der Waals surface area (Å²) < 4.78 is 0. The molecule has 5 nitrogen and oxygen atoms in total. The van der Waals surface area contributed by atoms with Crippen LogP contribution in [0.25, 0.3) is 0 Å². The Morgan fingerprint density at radius 1 is 1.46 bits per heavy atom. The minimum atomic E-state index is -0.0448. The summed E-state index contributed by atoms with van der Waals surface area (Å²) in [7, 11) is 0. The van der Waals surface area contributed by atoms with Crippen molar-refractivity contribution in [2.75, 3.05) is 18.0 Å². The number of anilines is 1. The molecule has 0 aliphatic carbocycles. The molecule has 1 N–H and O–H groups in total. The summed E-state index contributed by atoms with van der Waals surface area (Å²) in [4.78, 5) is 23.6. The molecule has 2 aromatic rings. The number of amides is 1. The van der Waals surface area contributed by atoms with Crippen molar-refractivity contribution in [1.82, 2.24) is 15.3 Å². The molecule has 1 aliphatic rings. The average molecular weight is 344 g/mol. The fourth-order valence-corrected chi connectivity index (χ4v) is 3.83. The Balaban J connectivity index is 1.59. The van der Waals surface area contributed by atoms with Crippen LogP contribution in [0, 0.1) is 6.92 Å². The van der Waals surface area contributed by atoms with Crippen LogP contribution in [0.15, 0.2) is 23.7 Å². The van der Waals surface area contributed by atoms with Crippen molar-refractivity contribution in [3.8, 4) is 0 Å². The van der Waals surface area contributed by atoms with Crippen LogP contribution in [-0.4, -0.2) is 35.0 Å². The van der Waals surface area contributed by atoms with E-state index in [1.165, 1.54) is 19.3 Å². The third-order valence-electron chi connectivity index (χ3n) is 4.40. The fraction of sp³-hybridized carbons (Fsp3) is 0.500. The van der Waals surface area contributed by atoms with Crippen LogP contribution in [0.3, 0.4) is 0 Å². The molecule has 0 unspecified atom stereocenters. The van der Waals surface area contributed by atoms with E-state index in [2.05, 4.69) is 27.1 Å². The van der Waals surface area contributed by atoms with E-state index in [0.29, 0.717) is 18.2 Å². The molecule has 0 spiro atoms. The number of aromatic nitrogens is 2. The first-order valence-corrected chi connectivity index (χ1v) is 9.43. The number of carbonyl (C=O) groups is 1. The van der Waals surface area contributed by atoms with Crippen LogP contribution < -0.4 is 10.2 Å². The van der Waals surface area contributed by atoms with Crippen molar-refractivity contribution in [2.24, 2.45) is 0 Å². The number of piperidine rings is 1. The molecule has 0 aromatic carbocycles. The summed E-state index contributed by atoms with van der Waals surface area (Å²) in [6.07, 6.45) is 6.15. The zero-order valence-electron chi connectivity index (χ0n) is 14.3. The zero-order valence-corrected chi connectivity index (χ0v) is 15.1. The van der Waals surface area contributed by atoms with Crippen molar-refractivity contribution in [3.05, 3.63) is 40.0 Å². The monoisotopic (exact) mass is 344 g/mol. The van der Waals surface area contributed by atoms with Crippen molar-refractivity contribution in [1.29, 1.82) is 0 Å². The number of thiazole rings is 1. The van der Waals surface area contributed by atoms with Gasteiger partial charge >= 0.3 is 0 Å². The normalized spacial score (nSPS) is 17.8. The number of pyridine rings is 1. The van der Waals surface area contributed by atoms with Gasteiger partial charge in [-0.2, -0.15) is 0 Å². The second-order valence-corrected chi connectivity index (χ2v) is 7.27. The highest BCUT2D eigenvalue weighted by Crippen LogP contribution is 2.23. The molecular weight excluding hydrogens is 320 g/mol. The maximum Gasteiger partial charge on any atom is 0.251 e. The second-order valence-electron chi connectivity index (χ2n) is 6.33. The molecule has 3 rings (SSSR count). The highest BCUT2D eigenvalue weighted by molar-refractivity contribution is 7.09. The molecule has 0 bridgehead atoms. The van der Waals surface area contributed by atoms with E-state index in [4.69, 9.17) is 0 Å². The van der Waals surface area contributed by atoms with Crippen LogP contribution in [0.4, 0.5) is 5.82 Å². The molecule has 3 heterocycles. The lowest BCUT2D eigenvalue weighted by Crippen LogP contribution is -2.38. The summed E-state index contributed by atoms with van der Waals surface area (Å²) >= 11 is 1.64. The highest BCUT2D eigenvalue weighted by Gasteiger charge is 2.20. The van der Waals surface area contributed by atoms with Crippen molar-refractivity contribution >= 4 is 23.1 Å². The topological polar surface area (TPSA) is 58.1 Å². The van der Waals surface area contributed by atoms with E-state index in [1.807, 2.05) is 18.4 Å². The maximum absolute atomic E-state index is 12.4. The van der Waals surface area contributed by atoms with E-state index < -0.39 is 0 Å². The van der Waals surface area contributed by atoms with E-state index in [0.717, 1.165) is 29.5 Å². The molecule has 1 aliphatic heterocycles. The summed E-state index contributed by atoms with van der Waals surface area (Å²) in [5.41, 5.74) is 1.71. The first-order valence-electron chi connectivity index (χ1n) is 8.55. The Morgan fingerprint density at radius 3 is 3.08 bits per heavy atom. The molecule has 1 atom stereocenters. The molecule has 0 radical (unpaired) electrons. The number of aryl methyl sites for hydroxylation is 1.